The van der Waals surface area contributed by atoms with Crippen molar-refractivity contribution in [2.75, 3.05) is 13.2 Å². The molecular formula is C14H16ClNOS. The van der Waals surface area contributed by atoms with Crippen molar-refractivity contribution in [1.29, 1.82) is 0 Å². The van der Waals surface area contributed by atoms with E-state index in [-0.39, 0.29) is 0 Å². The Balaban J connectivity index is 1.98. The summed E-state index contributed by atoms with van der Waals surface area (Å²) in [7, 11) is 0. The first-order chi connectivity index (χ1) is 8.81. The molecule has 18 heavy (non-hydrogen) atoms. The largest absolute Gasteiger partial charge is 0.493 e. The van der Waals surface area contributed by atoms with Crippen LogP contribution in [-0.2, 0) is 12.8 Å². The highest BCUT2D eigenvalue weighted by Gasteiger charge is 2.07. The third-order valence-electron chi connectivity index (χ3n) is 2.66. The molecule has 1 aromatic carbocycles. The van der Waals surface area contributed by atoms with Crippen LogP contribution in [0.2, 0.25) is 5.02 Å². The van der Waals surface area contributed by atoms with Gasteiger partial charge in [-0.2, -0.15) is 0 Å². The average Bonchev–Trinajstić information content (AvgIpc) is 2.86. The van der Waals surface area contributed by atoms with Crippen LogP contribution in [0, 0.1) is 0 Å². The first kappa shape index (κ1) is 13.4. The fourth-order valence-corrected chi connectivity index (χ4v) is 2.73. The van der Waals surface area contributed by atoms with Gasteiger partial charge in [-0.3, -0.25) is 0 Å². The van der Waals surface area contributed by atoms with E-state index in [1.807, 2.05) is 18.2 Å². The van der Waals surface area contributed by atoms with E-state index < -0.39 is 0 Å². The molecule has 0 aliphatic heterocycles. The fraction of sp³-hybridized carbons (Fsp3) is 0.286. The zero-order valence-corrected chi connectivity index (χ0v) is 11.6. The van der Waals surface area contributed by atoms with Crippen molar-refractivity contribution in [1.82, 2.24) is 0 Å². The third-order valence-corrected chi connectivity index (χ3v) is 3.95. The minimum absolute atomic E-state index is 0.574. The van der Waals surface area contributed by atoms with Gasteiger partial charge in [-0.15, -0.1) is 11.3 Å². The van der Waals surface area contributed by atoms with Crippen LogP contribution >= 0.6 is 22.9 Å². The van der Waals surface area contributed by atoms with Crippen molar-refractivity contribution >= 4 is 22.9 Å². The topological polar surface area (TPSA) is 35.2 Å². The smallest absolute Gasteiger partial charge is 0.124 e. The zero-order valence-electron chi connectivity index (χ0n) is 10.1. The van der Waals surface area contributed by atoms with Gasteiger partial charge in [0.1, 0.15) is 5.75 Å². The molecule has 96 valence electrons. The zero-order chi connectivity index (χ0) is 12.8. The lowest BCUT2D eigenvalue weighted by Gasteiger charge is -2.12. The predicted octanol–water partition coefficient (Wildman–Crippen LogP) is 3.52. The van der Waals surface area contributed by atoms with Crippen LogP contribution in [0.3, 0.4) is 0 Å². The molecule has 1 aromatic heterocycles. The molecule has 2 rings (SSSR count). The third kappa shape index (κ3) is 3.48. The van der Waals surface area contributed by atoms with Crippen LogP contribution in [0.4, 0.5) is 0 Å². The van der Waals surface area contributed by atoms with Gasteiger partial charge in [0, 0.05) is 21.9 Å². The second-order valence-corrected chi connectivity index (χ2v) is 5.37. The number of thiophene rings is 1. The Morgan fingerprint density at radius 3 is 2.78 bits per heavy atom. The van der Waals surface area contributed by atoms with Crippen LogP contribution in [0.25, 0.3) is 0 Å². The summed E-state index contributed by atoms with van der Waals surface area (Å²) in [5.41, 5.74) is 6.60. The monoisotopic (exact) mass is 281 g/mol. The lowest BCUT2D eigenvalue weighted by Crippen LogP contribution is -2.07. The molecule has 2 aromatic rings. The summed E-state index contributed by atoms with van der Waals surface area (Å²) < 4.78 is 5.81. The van der Waals surface area contributed by atoms with Crippen LogP contribution in [0.1, 0.15) is 10.4 Å². The Morgan fingerprint density at radius 1 is 1.17 bits per heavy atom. The maximum absolute atomic E-state index is 6.15. The van der Waals surface area contributed by atoms with E-state index in [1.54, 1.807) is 11.3 Å². The molecule has 0 fully saturated rings. The van der Waals surface area contributed by atoms with Gasteiger partial charge in [-0.25, -0.2) is 0 Å². The summed E-state index contributed by atoms with van der Waals surface area (Å²) in [4.78, 5) is 1.33. The molecule has 0 aliphatic carbocycles. The van der Waals surface area contributed by atoms with E-state index in [4.69, 9.17) is 22.1 Å². The lowest BCUT2D eigenvalue weighted by molar-refractivity contribution is 0.319. The Kier molecular flexibility index (Phi) is 5.05. The van der Waals surface area contributed by atoms with E-state index in [0.29, 0.717) is 13.2 Å². The number of halogens is 1. The number of hydrogen-bond donors (Lipinski definition) is 1. The van der Waals surface area contributed by atoms with E-state index in [9.17, 15) is 0 Å². The average molecular weight is 282 g/mol. The molecule has 0 atom stereocenters. The highest BCUT2D eigenvalue weighted by molar-refractivity contribution is 7.09. The molecule has 0 spiro atoms. The maximum Gasteiger partial charge on any atom is 0.124 e. The Morgan fingerprint density at radius 2 is 2.06 bits per heavy atom. The van der Waals surface area contributed by atoms with Gasteiger partial charge >= 0.3 is 0 Å². The Hall–Kier alpha value is -1.03. The van der Waals surface area contributed by atoms with Crippen LogP contribution in [0.5, 0.6) is 5.75 Å². The summed E-state index contributed by atoms with van der Waals surface area (Å²) in [5, 5.41) is 2.81. The van der Waals surface area contributed by atoms with Crippen LogP contribution in [-0.4, -0.2) is 13.2 Å². The number of ether oxygens (including phenoxy) is 1. The van der Waals surface area contributed by atoms with Crippen molar-refractivity contribution in [3.63, 3.8) is 0 Å². The Labute approximate surface area is 116 Å². The maximum atomic E-state index is 6.15. The van der Waals surface area contributed by atoms with Gasteiger partial charge in [0.2, 0.25) is 0 Å². The molecule has 0 amide bonds. The van der Waals surface area contributed by atoms with E-state index >= 15 is 0 Å². The van der Waals surface area contributed by atoms with Gasteiger partial charge in [0.25, 0.3) is 0 Å². The van der Waals surface area contributed by atoms with E-state index in [0.717, 1.165) is 29.2 Å². The number of benzene rings is 1. The van der Waals surface area contributed by atoms with Crippen molar-refractivity contribution in [3.05, 3.63) is 51.2 Å². The van der Waals surface area contributed by atoms with Gasteiger partial charge in [0.15, 0.2) is 0 Å². The molecule has 1 heterocycles. The second kappa shape index (κ2) is 6.78. The molecule has 2 N–H and O–H groups in total. The molecule has 0 unspecified atom stereocenters. The van der Waals surface area contributed by atoms with Crippen LogP contribution < -0.4 is 10.5 Å². The molecule has 0 radical (unpaired) electrons. The molecule has 0 bridgehead atoms. The lowest BCUT2D eigenvalue weighted by atomic mass is 10.1. The SMILES string of the molecule is NCCc1c(Cl)cccc1OCCc1cccs1. The second-order valence-electron chi connectivity index (χ2n) is 3.93. The molecule has 0 aliphatic rings. The van der Waals surface area contributed by atoms with Gasteiger partial charge in [0.05, 0.1) is 6.61 Å². The minimum atomic E-state index is 0.574. The van der Waals surface area contributed by atoms with E-state index in [1.165, 1.54) is 4.88 Å². The summed E-state index contributed by atoms with van der Waals surface area (Å²) in [6.07, 6.45) is 1.67. The van der Waals surface area contributed by atoms with Crippen molar-refractivity contribution in [2.45, 2.75) is 12.8 Å². The number of nitrogens with two attached hydrogens (primary N) is 1. The van der Waals surface area contributed by atoms with Gasteiger partial charge < -0.3 is 10.5 Å². The van der Waals surface area contributed by atoms with Crippen molar-refractivity contribution in [3.8, 4) is 5.75 Å². The van der Waals surface area contributed by atoms with Crippen molar-refractivity contribution in [2.24, 2.45) is 5.73 Å². The molecule has 4 heteroatoms. The van der Waals surface area contributed by atoms with Gasteiger partial charge in [-0.05, 0) is 36.5 Å². The summed E-state index contributed by atoms with van der Waals surface area (Å²) in [6, 6.07) is 9.90. The molecule has 0 saturated carbocycles. The summed E-state index contributed by atoms with van der Waals surface area (Å²) >= 11 is 7.90. The molecular weight excluding hydrogens is 266 g/mol. The summed E-state index contributed by atoms with van der Waals surface area (Å²) in [6.45, 7) is 1.24. The Bertz CT molecular complexity index is 485. The van der Waals surface area contributed by atoms with E-state index in [2.05, 4.69) is 17.5 Å². The summed E-state index contributed by atoms with van der Waals surface area (Å²) in [5.74, 6) is 0.851. The number of rotatable bonds is 6. The predicted molar refractivity (Wildman–Crippen MR) is 77.7 cm³/mol. The first-order valence-corrected chi connectivity index (χ1v) is 7.19. The van der Waals surface area contributed by atoms with Crippen molar-refractivity contribution < 1.29 is 4.74 Å². The molecule has 2 nitrogen and oxygen atoms in total. The van der Waals surface area contributed by atoms with Crippen LogP contribution in [0.15, 0.2) is 35.7 Å². The quantitative estimate of drug-likeness (QED) is 0.879. The fourth-order valence-electron chi connectivity index (χ4n) is 1.78. The normalized spacial score (nSPS) is 10.6. The highest BCUT2D eigenvalue weighted by atomic mass is 35.5. The molecule has 0 saturated heterocycles. The minimum Gasteiger partial charge on any atom is -0.493 e. The standard InChI is InChI=1S/C14H16ClNOS/c15-13-4-1-5-14(12(13)6-8-16)17-9-7-11-3-2-10-18-11/h1-5,10H,6-9,16H2. The highest BCUT2D eigenvalue weighted by Crippen LogP contribution is 2.26. The first-order valence-electron chi connectivity index (χ1n) is 5.94. The number of hydrogen-bond acceptors (Lipinski definition) is 3. The van der Waals surface area contributed by atoms with Gasteiger partial charge in [-0.1, -0.05) is 23.7 Å².